The summed E-state index contributed by atoms with van der Waals surface area (Å²) in [5.74, 6) is 0. The lowest BCUT2D eigenvalue weighted by Crippen LogP contribution is -2.52. The first-order valence-electron chi connectivity index (χ1n) is 6.17. The molecule has 3 nitrogen and oxygen atoms in total. The molecule has 1 rings (SSSR count). The maximum Gasteiger partial charge on any atom is 0.0962 e. The van der Waals surface area contributed by atoms with Crippen LogP contribution < -0.4 is 0 Å². The van der Waals surface area contributed by atoms with E-state index in [9.17, 15) is 0 Å². The number of hydrogen-bond acceptors (Lipinski definition) is 3. The van der Waals surface area contributed by atoms with Gasteiger partial charge in [-0.3, -0.25) is 0 Å². The van der Waals surface area contributed by atoms with Gasteiger partial charge in [0.25, 0.3) is 0 Å². The first kappa shape index (κ1) is 14.4. The Labute approximate surface area is 107 Å². The molecule has 0 radical (unpaired) electrons. The third-order valence-electron chi connectivity index (χ3n) is 2.66. The van der Waals surface area contributed by atoms with Gasteiger partial charge in [0.1, 0.15) is 0 Å². The Morgan fingerprint density at radius 1 is 1.38 bits per heavy atom. The van der Waals surface area contributed by atoms with E-state index in [0.717, 1.165) is 26.1 Å². The molecule has 1 saturated carbocycles. The van der Waals surface area contributed by atoms with Crippen molar-refractivity contribution in [3.05, 3.63) is 0 Å². The van der Waals surface area contributed by atoms with E-state index in [4.69, 9.17) is 14.2 Å². The minimum absolute atomic E-state index is 0.151. The van der Waals surface area contributed by atoms with Gasteiger partial charge in [0.05, 0.1) is 24.9 Å². The van der Waals surface area contributed by atoms with Crippen molar-refractivity contribution in [3.8, 4) is 0 Å². The second-order valence-corrected chi connectivity index (χ2v) is 5.41. The molecule has 0 aromatic heterocycles. The van der Waals surface area contributed by atoms with Crippen molar-refractivity contribution in [3.63, 3.8) is 0 Å². The van der Waals surface area contributed by atoms with Gasteiger partial charge in [-0.25, -0.2) is 0 Å². The van der Waals surface area contributed by atoms with Crippen LogP contribution in [0.3, 0.4) is 0 Å². The largest absolute Gasteiger partial charge is 0.379 e. The van der Waals surface area contributed by atoms with E-state index in [0.29, 0.717) is 11.4 Å². The Balaban J connectivity index is 2.20. The molecular weight excluding hydrogens is 272 g/mol. The highest BCUT2D eigenvalue weighted by atomic mass is 79.9. The number of ether oxygens (including phenoxy) is 3. The average molecular weight is 295 g/mol. The molecule has 96 valence electrons. The predicted octanol–water partition coefficient (Wildman–Crippen LogP) is 2.76. The minimum atomic E-state index is 0.151. The van der Waals surface area contributed by atoms with E-state index in [2.05, 4.69) is 22.9 Å². The number of hydrogen-bond donors (Lipinski definition) is 0. The van der Waals surface area contributed by atoms with Crippen molar-refractivity contribution in [2.45, 2.75) is 56.8 Å². The van der Waals surface area contributed by atoms with Gasteiger partial charge in [0.15, 0.2) is 0 Å². The summed E-state index contributed by atoms with van der Waals surface area (Å²) in [5.41, 5.74) is 0. The maximum atomic E-state index is 5.89. The molecule has 0 heterocycles. The monoisotopic (exact) mass is 294 g/mol. The molecule has 4 unspecified atom stereocenters. The highest BCUT2D eigenvalue weighted by molar-refractivity contribution is 9.09. The second kappa shape index (κ2) is 7.64. The first-order valence-corrected chi connectivity index (χ1v) is 7.09. The standard InChI is InChI=1S/C12H23BrO3/c1-4-6-15-12-10(13)7-11(12)16-9(3)8-14-5-2/h9-12H,4-8H2,1-3H3. The van der Waals surface area contributed by atoms with E-state index in [1.165, 1.54) is 0 Å². The normalized spacial score (nSPS) is 31.1. The zero-order valence-electron chi connectivity index (χ0n) is 10.4. The molecule has 0 aliphatic heterocycles. The summed E-state index contributed by atoms with van der Waals surface area (Å²) in [5, 5.41) is 0. The molecule has 0 saturated heterocycles. The lowest BCUT2D eigenvalue weighted by atomic mass is 9.91. The van der Waals surface area contributed by atoms with Crippen LogP contribution in [0.1, 0.15) is 33.6 Å². The Morgan fingerprint density at radius 3 is 2.69 bits per heavy atom. The third kappa shape index (κ3) is 4.32. The fourth-order valence-corrected chi connectivity index (χ4v) is 2.61. The smallest absolute Gasteiger partial charge is 0.0962 e. The molecule has 0 N–H and O–H groups in total. The van der Waals surface area contributed by atoms with Crippen molar-refractivity contribution in [2.24, 2.45) is 0 Å². The number of halogens is 1. The molecule has 1 aliphatic rings. The van der Waals surface area contributed by atoms with E-state index in [1.54, 1.807) is 0 Å². The molecule has 0 aromatic carbocycles. The third-order valence-corrected chi connectivity index (χ3v) is 3.55. The van der Waals surface area contributed by atoms with Gasteiger partial charge < -0.3 is 14.2 Å². The molecule has 4 atom stereocenters. The zero-order chi connectivity index (χ0) is 12.0. The Bertz CT molecular complexity index is 189. The van der Waals surface area contributed by atoms with Gasteiger partial charge in [-0.1, -0.05) is 22.9 Å². The fourth-order valence-electron chi connectivity index (χ4n) is 1.75. The summed E-state index contributed by atoms with van der Waals surface area (Å²) in [6, 6.07) is 0. The lowest BCUT2D eigenvalue weighted by molar-refractivity contribution is -0.152. The van der Waals surface area contributed by atoms with Crippen molar-refractivity contribution < 1.29 is 14.2 Å². The van der Waals surface area contributed by atoms with Crippen LogP contribution in [0.4, 0.5) is 0 Å². The fraction of sp³-hybridized carbons (Fsp3) is 1.00. The molecule has 0 amide bonds. The van der Waals surface area contributed by atoms with Crippen molar-refractivity contribution in [1.82, 2.24) is 0 Å². The average Bonchev–Trinajstić information content (AvgIpc) is 2.26. The SMILES string of the molecule is CCCOC1C(Br)CC1OC(C)COCC. The summed E-state index contributed by atoms with van der Waals surface area (Å²) in [7, 11) is 0. The molecule has 0 spiro atoms. The van der Waals surface area contributed by atoms with Gasteiger partial charge in [-0.2, -0.15) is 0 Å². The van der Waals surface area contributed by atoms with Crippen LogP contribution >= 0.6 is 15.9 Å². The molecule has 0 bridgehead atoms. The summed E-state index contributed by atoms with van der Waals surface area (Å²) in [4.78, 5) is 0.448. The summed E-state index contributed by atoms with van der Waals surface area (Å²) >= 11 is 3.60. The van der Waals surface area contributed by atoms with Crippen LogP contribution in [0.15, 0.2) is 0 Å². The highest BCUT2D eigenvalue weighted by Gasteiger charge is 2.41. The number of rotatable bonds is 8. The minimum Gasteiger partial charge on any atom is -0.379 e. The Morgan fingerprint density at radius 2 is 2.12 bits per heavy atom. The zero-order valence-corrected chi connectivity index (χ0v) is 12.0. The van der Waals surface area contributed by atoms with Crippen LogP contribution in [0, 0.1) is 0 Å². The first-order chi connectivity index (χ1) is 7.69. The van der Waals surface area contributed by atoms with E-state index in [-0.39, 0.29) is 18.3 Å². The van der Waals surface area contributed by atoms with Crippen LogP contribution in [-0.2, 0) is 14.2 Å². The van der Waals surface area contributed by atoms with E-state index < -0.39 is 0 Å². The summed E-state index contributed by atoms with van der Waals surface area (Å²) < 4.78 is 17.0. The lowest BCUT2D eigenvalue weighted by Gasteiger charge is -2.42. The second-order valence-electron chi connectivity index (χ2n) is 4.23. The summed E-state index contributed by atoms with van der Waals surface area (Å²) in [6.45, 7) is 8.39. The topological polar surface area (TPSA) is 27.7 Å². The van der Waals surface area contributed by atoms with Crippen molar-refractivity contribution in [2.75, 3.05) is 19.8 Å². The predicted molar refractivity (Wildman–Crippen MR) is 68.2 cm³/mol. The van der Waals surface area contributed by atoms with Gasteiger partial charge in [-0.15, -0.1) is 0 Å². The number of alkyl halides is 1. The van der Waals surface area contributed by atoms with Crippen LogP contribution in [-0.4, -0.2) is 43.0 Å². The molecular formula is C12H23BrO3. The Kier molecular flexibility index (Phi) is 6.89. The van der Waals surface area contributed by atoms with E-state index >= 15 is 0 Å². The van der Waals surface area contributed by atoms with Gasteiger partial charge >= 0.3 is 0 Å². The van der Waals surface area contributed by atoms with Gasteiger partial charge in [0, 0.05) is 18.0 Å². The van der Waals surface area contributed by atoms with Crippen LogP contribution in [0.5, 0.6) is 0 Å². The van der Waals surface area contributed by atoms with Crippen molar-refractivity contribution >= 4 is 15.9 Å². The molecule has 1 fully saturated rings. The van der Waals surface area contributed by atoms with E-state index in [1.807, 2.05) is 13.8 Å². The highest BCUT2D eigenvalue weighted by Crippen LogP contribution is 2.34. The van der Waals surface area contributed by atoms with Gasteiger partial charge in [-0.05, 0) is 26.7 Å². The molecule has 1 aliphatic carbocycles. The summed E-state index contributed by atoms with van der Waals surface area (Å²) in [6.07, 6.45) is 2.68. The molecule has 0 aromatic rings. The maximum absolute atomic E-state index is 5.89. The Hall–Kier alpha value is 0.360. The van der Waals surface area contributed by atoms with Crippen LogP contribution in [0.25, 0.3) is 0 Å². The van der Waals surface area contributed by atoms with Crippen molar-refractivity contribution in [1.29, 1.82) is 0 Å². The van der Waals surface area contributed by atoms with Gasteiger partial charge in [0.2, 0.25) is 0 Å². The van der Waals surface area contributed by atoms with Crippen LogP contribution in [0.2, 0.25) is 0 Å². The quantitative estimate of drug-likeness (QED) is 0.644. The molecule has 4 heteroatoms. The molecule has 16 heavy (non-hydrogen) atoms.